The number of hydrogen-bond acceptors (Lipinski definition) is 1. The van der Waals surface area contributed by atoms with Crippen LogP contribution in [0.2, 0.25) is 0 Å². The second-order valence-corrected chi connectivity index (χ2v) is 3.02. The van der Waals surface area contributed by atoms with Crippen LogP contribution in [0, 0.1) is 12.7 Å². The van der Waals surface area contributed by atoms with Crippen molar-refractivity contribution in [2.45, 2.75) is 19.9 Å². The molecule has 2 N–H and O–H groups in total. The Morgan fingerprint density at radius 2 is 2.08 bits per heavy atom. The van der Waals surface area contributed by atoms with Crippen molar-refractivity contribution in [2.24, 2.45) is 5.73 Å². The molecule has 1 unspecified atom stereocenters. The van der Waals surface area contributed by atoms with Crippen molar-refractivity contribution >= 4 is 13.3 Å². The predicted octanol–water partition coefficient (Wildman–Crippen LogP) is 0.948. The van der Waals surface area contributed by atoms with E-state index in [-0.39, 0.29) is 17.3 Å². The van der Waals surface area contributed by atoms with Gasteiger partial charge >= 0.3 is 0 Å². The van der Waals surface area contributed by atoms with Gasteiger partial charge in [-0.05, 0) is 25.5 Å². The molecule has 0 amide bonds. The Kier molecular flexibility index (Phi) is 2.53. The normalized spacial score (nSPS) is 13.0. The van der Waals surface area contributed by atoms with E-state index in [0.717, 1.165) is 11.1 Å². The lowest BCUT2D eigenvalue weighted by molar-refractivity contribution is 0.629. The van der Waals surface area contributed by atoms with Crippen molar-refractivity contribution in [3.8, 4) is 0 Å². The highest BCUT2D eigenvalue weighted by Gasteiger charge is 2.05. The van der Waals surface area contributed by atoms with Gasteiger partial charge in [-0.3, -0.25) is 0 Å². The molecule has 62 valence electrons. The second-order valence-electron chi connectivity index (χ2n) is 3.02. The molecule has 1 rings (SSSR count). The number of aryl methyl sites for hydroxylation is 1. The number of benzene rings is 1. The molecule has 0 bridgehead atoms. The lowest BCUT2D eigenvalue weighted by Gasteiger charge is -2.09. The summed E-state index contributed by atoms with van der Waals surface area (Å²) in [5.74, 6) is -0.387. The molecule has 0 aliphatic rings. The number of nitrogens with two attached hydrogens (primary N) is 1. The average molecular weight is 163 g/mol. The lowest BCUT2D eigenvalue weighted by atomic mass is 9.88. The first-order chi connectivity index (χ1) is 5.52. The van der Waals surface area contributed by atoms with Crippen LogP contribution in [0.3, 0.4) is 0 Å². The third kappa shape index (κ3) is 1.67. The fourth-order valence-corrected chi connectivity index (χ4v) is 1.04. The molecule has 0 fully saturated rings. The van der Waals surface area contributed by atoms with Gasteiger partial charge in [0, 0.05) is 6.04 Å². The molecule has 1 aromatic rings. The number of halogens is 1. The number of rotatable bonds is 1. The summed E-state index contributed by atoms with van der Waals surface area (Å²) in [4.78, 5) is 0. The first-order valence-electron chi connectivity index (χ1n) is 3.83. The van der Waals surface area contributed by atoms with Crippen molar-refractivity contribution < 1.29 is 4.39 Å². The van der Waals surface area contributed by atoms with Gasteiger partial charge in [0.05, 0.1) is 0 Å². The Morgan fingerprint density at radius 3 is 2.50 bits per heavy atom. The van der Waals surface area contributed by atoms with Crippen LogP contribution in [0.25, 0.3) is 0 Å². The van der Waals surface area contributed by atoms with Crippen molar-refractivity contribution in [2.75, 3.05) is 0 Å². The number of hydrogen-bond donors (Lipinski definition) is 1. The van der Waals surface area contributed by atoms with E-state index >= 15 is 0 Å². The maximum absolute atomic E-state index is 13.0. The molecule has 1 atom stereocenters. The molecule has 0 aliphatic carbocycles. The van der Waals surface area contributed by atoms with Crippen LogP contribution in [-0.4, -0.2) is 7.85 Å². The maximum Gasteiger partial charge on any atom is 0.118 e. The Balaban J connectivity index is 3.21. The zero-order valence-electron chi connectivity index (χ0n) is 7.26. The third-order valence-corrected chi connectivity index (χ3v) is 1.88. The van der Waals surface area contributed by atoms with Gasteiger partial charge < -0.3 is 5.73 Å². The molecule has 2 radical (unpaired) electrons. The average Bonchev–Trinajstić information content (AvgIpc) is 1.99. The molecule has 0 heterocycles. The predicted molar refractivity (Wildman–Crippen MR) is 49.1 cm³/mol. The first-order valence-corrected chi connectivity index (χ1v) is 3.83. The third-order valence-electron chi connectivity index (χ3n) is 1.88. The fourth-order valence-electron chi connectivity index (χ4n) is 1.04. The van der Waals surface area contributed by atoms with Gasteiger partial charge in [-0.1, -0.05) is 17.1 Å². The Hall–Kier alpha value is -0.825. The molecular formula is C9H11BFN. The lowest BCUT2D eigenvalue weighted by Crippen LogP contribution is -2.15. The van der Waals surface area contributed by atoms with Crippen molar-refractivity contribution in [1.82, 2.24) is 0 Å². The van der Waals surface area contributed by atoms with E-state index in [1.165, 1.54) is 6.07 Å². The van der Waals surface area contributed by atoms with Gasteiger partial charge in [0.1, 0.15) is 13.7 Å². The van der Waals surface area contributed by atoms with Gasteiger partial charge in [-0.25, -0.2) is 4.39 Å². The summed E-state index contributed by atoms with van der Waals surface area (Å²) >= 11 is 0. The van der Waals surface area contributed by atoms with Crippen LogP contribution in [0.15, 0.2) is 12.1 Å². The zero-order valence-corrected chi connectivity index (χ0v) is 7.26. The van der Waals surface area contributed by atoms with Crippen LogP contribution >= 0.6 is 0 Å². The minimum atomic E-state index is -0.387. The van der Waals surface area contributed by atoms with Gasteiger partial charge in [-0.15, -0.1) is 0 Å². The van der Waals surface area contributed by atoms with E-state index in [1.54, 1.807) is 6.92 Å². The topological polar surface area (TPSA) is 26.0 Å². The molecule has 0 aliphatic heterocycles. The monoisotopic (exact) mass is 163 g/mol. The fraction of sp³-hybridized carbons (Fsp3) is 0.333. The van der Waals surface area contributed by atoms with Crippen molar-refractivity contribution in [3.05, 3.63) is 29.1 Å². The summed E-state index contributed by atoms with van der Waals surface area (Å²) in [6.45, 7) is 3.58. The molecule has 1 nitrogen and oxygen atoms in total. The summed E-state index contributed by atoms with van der Waals surface area (Å²) in [7, 11) is 5.44. The van der Waals surface area contributed by atoms with Crippen LogP contribution in [0.5, 0.6) is 0 Å². The standard InChI is InChI=1S/C9H11BFN/c1-5-3-7(6(2)12)4-8(11)9(5)10/h3-4,6H,12H2,1-2H3. The zero-order chi connectivity index (χ0) is 9.30. The summed E-state index contributed by atoms with van der Waals surface area (Å²) in [5, 5.41) is 0. The van der Waals surface area contributed by atoms with E-state index in [4.69, 9.17) is 13.6 Å². The van der Waals surface area contributed by atoms with Crippen molar-refractivity contribution in [3.63, 3.8) is 0 Å². The minimum absolute atomic E-state index is 0.154. The maximum atomic E-state index is 13.0. The molecule has 0 aromatic heterocycles. The molecule has 1 aromatic carbocycles. The van der Waals surface area contributed by atoms with Gasteiger partial charge in [0.25, 0.3) is 0 Å². The summed E-state index contributed by atoms with van der Waals surface area (Å²) < 4.78 is 13.0. The first kappa shape index (κ1) is 9.26. The minimum Gasteiger partial charge on any atom is -0.324 e. The van der Waals surface area contributed by atoms with E-state index in [9.17, 15) is 4.39 Å². The Morgan fingerprint density at radius 1 is 1.50 bits per heavy atom. The largest absolute Gasteiger partial charge is 0.324 e. The molecule has 3 heteroatoms. The molecule has 0 saturated heterocycles. The van der Waals surface area contributed by atoms with Crippen LogP contribution in [0.4, 0.5) is 4.39 Å². The molecule has 0 saturated carbocycles. The van der Waals surface area contributed by atoms with Crippen molar-refractivity contribution in [1.29, 1.82) is 0 Å². The highest BCUT2D eigenvalue weighted by atomic mass is 19.1. The molecule has 0 spiro atoms. The Bertz CT molecular complexity index is 274. The van der Waals surface area contributed by atoms with Crippen LogP contribution in [-0.2, 0) is 0 Å². The van der Waals surface area contributed by atoms with E-state index < -0.39 is 0 Å². The molecular weight excluding hydrogens is 152 g/mol. The second kappa shape index (κ2) is 3.27. The van der Waals surface area contributed by atoms with Gasteiger partial charge in [0.2, 0.25) is 0 Å². The summed E-state index contributed by atoms with van der Waals surface area (Å²) in [5.41, 5.74) is 7.32. The highest BCUT2D eigenvalue weighted by molar-refractivity contribution is 6.33. The van der Waals surface area contributed by atoms with E-state index in [0.29, 0.717) is 0 Å². The Labute approximate surface area is 73.2 Å². The smallest absolute Gasteiger partial charge is 0.118 e. The summed E-state index contributed by atoms with van der Waals surface area (Å²) in [6.07, 6.45) is 0. The highest BCUT2D eigenvalue weighted by Crippen LogP contribution is 2.11. The van der Waals surface area contributed by atoms with E-state index in [1.807, 2.05) is 13.0 Å². The molecule has 12 heavy (non-hydrogen) atoms. The van der Waals surface area contributed by atoms with Crippen LogP contribution in [0.1, 0.15) is 24.1 Å². The van der Waals surface area contributed by atoms with Gasteiger partial charge in [0.15, 0.2) is 0 Å². The van der Waals surface area contributed by atoms with E-state index in [2.05, 4.69) is 0 Å². The van der Waals surface area contributed by atoms with Gasteiger partial charge in [-0.2, -0.15) is 0 Å². The van der Waals surface area contributed by atoms with Crippen LogP contribution < -0.4 is 11.2 Å². The summed E-state index contributed by atoms with van der Waals surface area (Å²) in [6, 6.07) is 3.04. The SMILES string of the molecule is [B]c1c(C)cc(C(C)N)cc1F. The quantitative estimate of drug-likeness (QED) is 0.612.